The Bertz CT molecular complexity index is 579. The molecule has 1 aromatic carbocycles. The molecule has 1 amide bonds. The lowest BCUT2D eigenvalue weighted by atomic mass is 10.2. The molecule has 0 radical (unpaired) electrons. The van der Waals surface area contributed by atoms with Crippen molar-refractivity contribution in [3.63, 3.8) is 0 Å². The van der Waals surface area contributed by atoms with Crippen molar-refractivity contribution in [2.24, 2.45) is 0 Å². The molecule has 0 heterocycles. The monoisotopic (exact) mass is 312 g/mol. The number of methoxy groups -OCH3 is 1. The van der Waals surface area contributed by atoms with Gasteiger partial charge in [0.1, 0.15) is 0 Å². The average molecular weight is 312 g/mol. The van der Waals surface area contributed by atoms with E-state index in [1.165, 1.54) is 24.3 Å². The van der Waals surface area contributed by atoms with Crippen LogP contribution in [-0.4, -0.2) is 40.6 Å². The molecule has 1 aliphatic rings. The van der Waals surface area contributed by atoms with Crippen LogP contribution in [0.2, 0.25) is 0 Å². The SMILES string of the molecule is COCCCNC(=O)c1ccc(S(=O)(=O)NC2CC2)cc1. The number of benzene rings is 1. The molecule has 0 aromatic heterocycles. The van der Waals surface area contributed by atoms with E-state index in [0.29, 0.717) is 18.7 Å². The van der Waals surface area contributed by atoms with Crippen LogP contribution in [0.5, 0.6) is 0 Å². The molecule has 1 saturated carbocycles. The molecule has 1 aromatic rings. The van der Waals surface area contributed by atoms with E-state index < -0.39 is 10.0 Å². The predicted octanol–water partition coefficient (Wildman–Crippen LogP) is 0.894. The number of hydrogen-bond acceptors (Lipinski definition) is 4. The van der Waals surface area contributed by atoms with Crippen LogP contribution in [0, 0.1) is 0 Å². The Balaban J connectivity index is 1.93. The van der Waals surface area contributed by atoms with Gasteiger partial charge in [-0.05, 0) is 43.5 Å². The molecule has 6 nitrogen and oxygen atoms in total. The fourth-order valence-corrected chi connectivity index (χ4v) is 3.10. The summed E-state index contributed by atoms with van der Waals surface area (Å²) >= 11 is 0. The van der Waals surface area contributed by atoms with E-state index in [4.69, 9.17) is 4.74 Å². The zero-order chi connectivity index (χ0) is 15.3. The molecule has 0 aliphatic heterocycles. The summed E-state index contributed by atoms with van der Waals surface area (Å²) in [4.78, 5) is 12.0. The lowest BCUT2D eigenvalue weighted by molar-refractivity contribution is 0.0948. The Labute approximate surface area is 124 Å². The Morgan fingerprint density at radius 2 is 1.95 bits per heavy atom. The van der Waals surface area contributed by atoms with Gasteiger partial charge in [-0.2, -0.15) is 0 Å². The molecule has 0 spiro atoms. The van der Waals surface area contributed by atoms with Crippen LogP contribution in [-0.2, 0) is 14.8 Å². The van der Waals surface area contributed by atoms with E-state index in [2.05, 4.69) is 10.0 Å². The van der Waals surface area contributed by atoms with Crippen LogP contribution in [0.1, 0.15) is 29.6 Å². The van der Waals surface area contributed by atoms with Gasteiger partial charge in [-0.25, -0.2) is 13.1 Å². The summed E-state index contributed by atoms with van der Waals surface area (Å²) in [6.45, 7) is 1.11. The Kier molecular flexibility index (Phi) is 5.33. The summed E-state index contributed by atoms with van der Waals surface area (Å²) in [7, 11) is -1.85. The summed E-state index contributed by atoms with van der Waals surface area (Å²) in [5.74, 6) is -0.217. The minimum absolute atomic E-state index is 0.0683. The minimum atomic E-state index is -3.46. The van der Waals surface area contributed by atoms with Crippen LogP contribution < -0.4 is 10.0 Å². The lowest BCUT2D eigenvalue weighted by Crippen LogP contribution is -2.26. The zero-order valence-corrected chi connectivity index (χ0v) is 12.8. The molecule has 1 fully saturated rings. The highest BCUT2D eigenvalue weighted by Gasteiger charge is 2.27. The van der Waals surface area contributed by atoms with Crippen molar-refractivity contribution in [2.45, 2.75) is 30.2 Å². The molecule has 0 bridgehead atoms. The van der Waals surface area contributed by atoms with Crippen LogP contribution >= 0.6 is 0 Å². The summed E-state index contributed by atoms with van der Waals surface area (Å²) in [6, 6.07) is 6.02. The summed E-state index contributed by atoms with van der Waals surface area (Å²) in [5.41, 5.74) is 0.442. The number of carbonyl (C=O) groups is 1. The molecule has 1 aliphatic carbocycles. The second kappa shape index (κ2) is 7.02. The average Bonchev–Trinajstić information content (AvgIpc) is 3.27. The van der Waals surface area contributed by atoms with Crippen LogP contribution in [0.3, 0.4) is 0 Å². The van der Waals surface area contributed by atoms with E-state index >= 15 is 0 Å². The van der Waals surface area contributed by atoms with Crippen LogP contribution in [0.4, 0.5) is 0 Å². The van der Waals surface area contributed by atoms with Gasteiger partial charge >= 0.3 is 0 Å². The first kappa shape index (κ1) is 15.9. The van der Waals surface area contributed by atoms with Gasteiger partial charge in [0.25, 0.3) is 5.91 Å². The molecular formula is C14H20N2O4S. The largest absolute Gasteiger partial charge is 0.385 e. The molecule has 7 heteroatoms. The number of hydrogen-bond donors (Lipinski definition) is 2. The van der Waals surface area contributed by atoms with Crippen molar-refractivity contribution >= 4 is 15.9 Å². The number of rotatable bonds is 8. The van der Waals surface area contributed by atoms with Crippen molar-refractivity contribution in [1.82, 2.24) is 10.0 Å². The second-order valence-corrected chi connectivity index (χ2v) is 6.74. The number of nitrogens with one attached hydrogen (secondary N) is 2. The van der Waals surface area contributed by atoms with Gasteiger partial charge in [0.2, 0.25) is 10.0 Å². The molecule has 2 N–H and O–H groups in total. The topological polar surface area (TPSA) is 84.5 Å². The van der Waals surface area contributed by atoms with Crippen LogP contribution in [0.15, 0.2) is 29.2 Å². The molecule has 116 valence electrons. The first-order chi connectivity index (χ1) is 10.0. The Morgan fingerprint density at radius 1 is 1.29 bits per heavy atom. The van der Waals surface area contributed by atoms with Crippen molar-refractivity contribution in [1.29, 1.82) is 0 Å². The number of amides is 1. The molecule has 21 heavy (non-hydrogen) atoms. The lowest BCUT2D eigenvalue weighted by Gasteiger charge is -2.07. The van der Waals surface area contributed by atoms with Crippen molar-refractivity contribution in [3.8, 4) is 0 Å². The quantitative estimate of drug-likeness (QED) is 0.698. The summed E-state index contributed by atoms with van der Waals surface area (Å²) in [6.07, 6.45) is 2.52. The van der Waals surface area contributed by atoms with Gasteiger partial charge in [-0.15, -0.1) is 0 Å². The molecule has 0 saturated heterocycles. The third kappa shape index (κ3) is 4.80. The normalized spacial score (nSPS) is 14.9. The van der Waals surface area contributed by atoms with Gasteiger partial charge < -0.3 is 10.1 Å². The first-order valence-corrected chi connectivity index (χ1v) is 8.41. The predicted molar refractivity (Wildman–Crippen MR) is 78.6 cm³/mol. The van der Waals surface area contributed by atoms with Crippen molar-refractivity contribution in [2.75, 3.05) is 20.3 Å². The fraction of sp³-hybridized carbons (Fsp3) is 0.500. The third-order valence-electron chi connectivity index (χ3n) is 3.14. The number of ether oxygens (including phenoxy) is 1. The van der Waals surface area contributed by atoms with Gasteiger partial charge in [0.15, 0.2) is 0 Å². The van der Waals surface area contributed by atoms with E-state index in [9.17, 15) is 13.2 Å². The smallest absolute Gasteiger partial charge is 0.251 e. The maximum absolute atomic E-state index is 12.0. The van der Waals surface area contributed by atoms with E-state index in [0.717, 1.165) is 19.3 Å². The van der Waals surface area contributed by atoms with Crippen molar-refractivity contribution < 1.29 is 17.9 Å². The standard InChI is InChI=1S/C14H20N2O4S/c1-20-10-2-9-15-14(17)11-3-7-13(8-4-11)21(18,19)16-12-5-6-12/h3-4,7-8,12,16H,2,5-6,9-10H2,1H3,(H,15,17). The second-order valence-electron chi connectivity index (χ2n) is 5.02. The molecule has 2 rings (SSSR count). The van der Waals surface area contributed by atoms with E-state index in [-0.39, 0.29) is 16.8 Å². The summed E-state index contributed by atoms with van der Waals surface area (Å²) in [5, 5.41) is 2.75. The number of sulfonamides is 1. The van der Waals surface area contributed by atoms with Crippen LogP contribution in [0.25, 0.3) is 0 Å². The van der Waals surface area contributed by atoms with Gasteiger partial charge in [0.05, 0.1) is 4.90 Å². The van der Waals surface area contributed by atoms with Gasteiger partial charge in [0, 0.05) is 31.9 Å². The maximum atomic E-state index is 12.0. The van der Waals surface area contributed by atoms with Gasteiger partial charge in [-0.3, -0.25) is 4.79 Å². The van der Waals surface area contributed by atoms with Gasteiger partial charge in [-0.1, -0.05) is 0 Å². The maximum Gasteiger partial charge on any atom is 0.251 e. The zero-order valence-electron chi connectivity index (χ0n) is 12.0. The van der Waals surface area contributed by atoms with E-state index in [1.807, 2.05) is 0 Å². The summed E-state index contributed by atoms with van der Waals surface area (Å²) < 4.78 is 31.5. The van der Waals surface area contributed by atoms with Crippen molar-refractivity contribution in [3.05, 3.63) is 29.8 Å². The van der Waals surface area contributed by atoms with E-state index in [1.54, 1.807) is 7.11 Å². The highest BCUT2D eigenvalue weighted by molar-refractivity contribution is 7.89. The fourth-order valence-electron chi connectivity index (χ4n) is 1.79. The molecule has 0 unspecified atom stereocenters. The highest BCUT2D eigenvalue weighted by atomic mass is 32.2. The molecular weight excluding hydrogens is 292 g/mol. The Morgan fingerprint density at radius 3 is 2.52 bits per heavy atom. The Hall–Kier alpha value is -1.44. The first-order valence-electron chi connectivity index (χ1n) is 6.92. The number of carbonyl (C=O) groups excluding carboxylic acids is 1. The molecule has 0 atom stereocenters. The third-order valence-corrected chi connectivity index (χ3v) is 4.67. The highest BCUT2D eigenvalue weighted by Crippen LogP contribution is 2.22. The minimum Gasteiger partial charge on any atom is -0.385 e.